The molecule has 1 spiro atoms. The molecule has 34 heavy (non-hydrogen) atoms. The maximum Gasteiger partial charge on any atom is 0.338 e. The third kappa shape index (κ3) is 5.25. The lowest BCUT2D eigenvalue weighted by Gasteiger charge is -2.36. The molecular formula is C25H33N3O5S. The SMILES string of the molecule is CCc1nn(CC(C)COC(=O)c2ccc(S(C)=O)cc2)c2c1C(=O)NCC1(CCOCC1)C2. The summed E-state index contributed by atoms with van der Waals surface area (Å²) in [5, 5.41) is 7.92. The Labute approximate surface area is 202 Å². The molecule has 3 heterocycles. The van der Waals surface area contributed by atoms with Crippen molar-refractivity contribution in [3.05, 3.63) is 46.8 Å². The minimum Gasteiger partial charge on any atom is -0.462 e. The smallest absolute Gasteiger partial charge is 0.338 e. The maximum absolute atomic E-state index is 13.0. The van der Waals surface area contributed by atoms with Crippen molar-refractivity contribution in [3.8, 4) is 0 Å². The van der Waals surface area contributed by atoms with Gasteiger partial charge in [-0.1, -0.05) is 13.8 Å². The van der Waals surface area contributed by atoms with E-state index < -0.39 is 16.8 Å². The predicted octanol–water partition coefficient (Wildman–Crippen LogP) is 2.76. The molecule has 1 N–H and O–H groups in total. The number of benzene rings is 1. The molecule has 0 aliphatic carbocycles. The van der Waals surface area contributed by atoms with E-state index >= 15 is 0 Å². The van der Waals surface area contributed by atoms with Gasteiger partial charge >= 0.3 is 5.97 Å². The average Bonchev–Trinajstić information content (AvgIpc) is 3.11. The highest BCUT2D eigenvalue weighted by molar-refractivity contribution is 7.84. The van der Waals surface area contributed by atoms with E-state index in [1.165, 1.54) is 0 Å². The number of nitrogens with zero attached hydrogens (tertiary/aromatic N) is 2. The minimum atomic E-state index is -1.09. The molecule has 0 radical (unpaired) electrons. The molecule has 0 bridgehead atoms. The number of aromatic nitrogens is 2. The van der Waals surface area contributed by atoms with Gasteiger partial charge in [-0.15, -0.1) is 0 Å². The summed E-state index contributed by atoms with van der Waals surface area (Å²) in [5.41, 5.74) is 2.93. The fraction of sp³-hybridized carbons (Fsp3) is 0.560. The molecule has 2 unspecified atom stereocenters. The van der Waals surface area contributed by atoms with Crippen molar-refractivity contribution >= 4 is 22.7 Å². The van der Waals surface area contributed by atoms with Crippen molar-refractivity contribution in [2.75, 3.05) is 32.6 Å². The van der Waals surface area contributed by atoms with Crippen LogP contribution in [0.4, 0.5) is 0 Å². The zero-order chi connectivity index (χ0) is 24.3. The van der Waals surface area contributed by atoms with Crippen LogP contribution in [0.25, 0.3) is 0 Å². The summed E-state index contributed by atoms with van der Waals surface area (Å²) in [5.74, 6) is -0.441. The van der Waals surface area contributed by atoms with Crippen molar-refractivity contribution in [2.45, 2.75) is 51.0 Å². The van der Waals surface area contributed by atoms with Crippen LogP contribution in [0, 0.1) is 11.3 Å². The first-order valence-electron chi connectivity index (χ1n) is 11.9. The van der Waals surface area contributed by atoms with Gasteiger partial charge in [0.15, 0.2) is 0 Å². The van der Waals surface area contributed by atoms with Crippen molar-refractivity contribution < 1.29 is 23.3 Å². The van der Waals surface area contributed by atoms with Crippen molar-refractivity contribution in [3.63, 3.8) is 0 Å². The fourth-order valence-corrected chi connectivity index (χ4v) is 5.27. The number of aryl methyl sites for hydroxylation is 1. The van der Waals surface area contributed by atoms with Crippen molar-refractivity contribution in [1.29, 1.82) is 0 Å². The highest BCUT2D eigenvalue weighted by Crippen LogP contribution is 2.37. The summed E-state index contributed by atoms with van der Waals surface area (Å²) < 4.78 is 24.6. The molecule has 2 aliphatic rings. The normalized spacial score (nSPS) is 19.1. The Balaban J connectivity index is 1.46. The van der Waals surface area contributed by atoms with E-state index in [9.17, 15) is 13.8 Å². The number of amides is 1. The molecule has 1 aromatic heterocycles. The van der Waals surface area contributed by atoms with Crippen molar-refractivity contribution in [1.82, 2.24) is 15.1 Å². The van der Waals surface area contributed by atoms with Crippen LogP contribution in [0.3, 0.4) is 0 Å². The number of hydrogen-bond donors (Lipinski definition) is 1. The van der Waals surface area contributed by atoms with Gasteiger partial charge in [-0.25, -0.2) is 4.79 Å². The van der Waals surface area contributed by atoms with Crippen LogP contribution in [0.2, 0.25) is 0 Å². The lowest BCUT2D eigenvalue weighted by molar-refractivity contribution is 0.0151. The van der Waals surface area contributed by atoms with Gasteiger partial charge in [-0.3, -0.25) is 13.7 Å². The van der Waals surface area contributed by atoms with E-state index in [4.69, 9.17) is 14.6 Å². The summed E-state index contributed by atoms with van der Waals surface area (Å²) >= 11 is 0. The first kappa shape index (κ1) is 24.6. The Morgan fingerprint density at radius 3 is 2.65 bits per heavy atom. The van der Waals surface area contributed by atoms with Crippen molar-refractivity contribution in [2.24, 2.45) is 11.3 Å². The number of rotatable bonds is 7. The Hall–Kier alpha value is -2.52. The number of ether oxygens (including phenoxy) is 2. The average molecular weight is 488 g/mol. The van der Waals surface area contributed by atoms with E-state index in [1.54, 1.807) is 30.5 Å². The minimum absolute atomic E-state index is 0.00796. The van der Waals surface area contributed by atoms with Gasteiger partial charge in [-0.2, -0.15) is 5.10 Å². The van der Waals surface area contributed by atoms with Crippen LogP contribution in [-0.2, 0) is 39.7 Å². The van der Waals surface area contributed by atoms with Crippen LogP contribution in [0.5, 0.6) is 0 Å². The molecular weight excluding hydrogens is 454 g/mol. The number of fused-ring (bicyclic) bond motifs is 1. The number of carbonyl (C=O) groups is 2. The highest BCUT2D eigenvalue weighted by atomic mass is 32.2. The van der Waals surface area contributed by atoms with Gasteiger partial charge < -0.3 is 14.8 Å². The molecule has 0 saturated carbocycles. The second kappa shape index (κ2) is 10.4. The van der Waals surface area contributed by atoms with Gasteiger partial charge in [0, 0.05) is 54.2 Å². The number of hydrogen-bond acceptors (Lipinski definition) is 6. The molecule has 8 nitrogen and oxygen atoms in total. The van der Waals surface area contributed by atoms with Gasteiger partial charge in [0.1, 0.15) is 0 Å². The van der Waals surface area contributed by atoms with Gasteiger partial charge in [0.25, 0.3) is 5.91 Å². The number of nitrogens with one attached hydrogen (secondary N) is 1. The monoisotopic (exact) mass is 487 g/mol. The van der Waals surface area contributed by atoms with E-state index in [2.05, 4.69) is 5.32 Å². The standard InChI is InChI=1S/C25H33N3O5S/c1-4-20-22-21(13-25(16-26-23(22)29)9-11-32-12-10-25)28(27-20)14-17(2)15-33-24(30)18-5-7-19(8-6-18)34(3)31/h5-8,17H,4,9-16H2,1-3H3,(H,26,29). The Kier molecular flexibility index (Phi) is 7.52. The van der Waals surface area contributed by atoms with Crippen LogP contribution < -0.4 is 5.32 Å². The van der Waals surface area contributed by atoms with E-state index in [-0.39, 0.29) is 23.8 Å². The van der Waals surface area contributed by atoms with Gasteiger partial charge in [-0.05, 0) is 55.4 Å². The Morgan fingerprint density at radius 2 is 2.00 bits per heavy atom. The summed E-state index contributed by atoms with van der Waals surface area (Å²) in [6.07, 6.45) is 4.90. The molecule has 1 saturated heterocycles. The van der Waals surface area contributed by atoms with Crippen LogP contribution in [-0.4, -0.2) is 58.5 Å². The predicted molar refractivity (Wildman–Crippen MR) is 128 cm³/mol. The molecule has 4 rings (SSSR count). The molecule has 2 atom stereocenters. The summed E-state index contributed by atoms with van der Waals surface area (Å²) in [7, 11) is -1.09. The number of esters is 1. The van der Waals surface area contributed by atoms with Crippen LogP contribution >= 0.6 is 0 Å². The largest absolute Gasteiger partial charge is 0.462 e. The topological polar surface area (TPSA) is 99.5 Å². The van der Waals surface area contributed by atoms with E-state index in [0.29, 0.717) is 48.7 Å². The summed E-state index contributed by atoms with van der Waals surface area (Å²) in [6.45, 7) is 6.90. The molecule has 2 aromatic rings. The second-order valence-corrected chi connectivity index (χ2v) is 10.8. The molecule has 9 heteroatoms. The molecule has 1 aromatic carbocycles. The maximum atomic E-state index is 13.0. The molecule has 1 amide bonds. The van der Waals surface area contributed by atoms with Crippen LogP contribution in [0.15, 0.2) is 29.2 Å². The fourth-order valence-electron chi connectivity index (χ4n) is 4.76. The van der Waals surface area contributed by atoms with Gasteiger partial charge in [0.05, 0.1) is 29.1 Å². The second-order valence-electron chi connectivity index (χ2n) is 9.46. The van der Waals surface area contributed by atoms with E-state index in [1.807, 2.05) is 18.5 Å². The zero-order valence-corrected chi connectivity index (χ0v) is 20.9. The highest BCUT2D eigenvalue weighted by Gasteiger charge is 2.39. The Bertz CT molecular complexity index is 1070. The zero-order valence-electron chi connectivity index (χ0n) is 20.1. The van der Waals surface area contributed by atoms with E-state index in [0.717, 1.165) is 30.7 Å². The first-order valence-corrected chi connectivity index (χ1v) is 13.4. The lowest BCUT2D eigenvalue weighted by Crippen LogP contribution is -2.41. The molecule has 2 aliphatic heterocycles. The number of carbonyl (C=O) groups excluding carboxylic acids is 2. The molecule has 184 valence electrons. The van der Waals surface area contributed by atoms with Gasteiger partial charge in [0.2, 0.25) is 0 Å². The Morgan fingerprint density at radius 1 is 1.29 bits per heavy atom. The lowest BCUT2D eigenvalue weighted by atomic mass is 9.76. The third-order valence-electron chi connectivity index (χ3n) is 6.82. The third-order valence-corrected chi connectivity index (χ3v) is 7.75. The summed E-state index contributed by atoms with van der Waals surface area (Å²) in [6, 6.07) is 6.63. The summed E-state index contributed by atoms with van der Waals surface area (Å²) in [4.78, 5) is 26.1. The quantitative estimate of drug-likeness (QED) is 0.603. The van der Waals surface area contributed by atoms with Crippen LogP contribution in [0.1, 0.15) is 58.8 Å². The first-order chi connectivity index (χ1) is 16.3. The molecule has 1 fully saturated rings.